The highest BCUT2D eigenvalue weighted by Crippen LogP contribution is 2.34. The predicted molar refractivity (Wildman–Crippen MR) is 104 cm³/mol. The summed E-state index contributed by atoms with van der Waals surface area (Å²) in [6.45, 7) is 4.38. The Balaban J connectivity index is 1.33. The highest BCUT2D eigenvalue weighted by Gasteiger charge is 2.40. The van der Waals surface area contributed by atoms with Crippen molar-refractivity contribution in [2.75, 3.05) is 24.7 Å². The molecule has 3 heterocycles. The van der Waals surface area contributed by atoms with Gasteiger partial charge in [-0.2, -0.15) is 5.10 Å². The van der Waals surface area contributed by atoms with Gasteiger partial charge in [0.1, 0.15) is 0 Å². The molecule has 0 spiro atoms. The van der Waals surface area contributed by atoms with Crippen LogP contribution in [0.1, 0.15) is 37.0 Å². The van der Waals surface area contributed by atoms with Gasteiger partial charge >= 0.3 is 0 Å². The highest BCUT2D eigenvalue weighted by atomic mass is 32.2. The summed E-state index contributed by atoms with van der Waals surface area (Å²) in [5.74, 6) is 0.881. The Labute approximate surface area is 160 Å². The van der Waals surface area contributed by atoms with Gasteiger partial charge < -0.3 is 10.1 Å². The van der Waals surface area contributed by atoms with Crippen molar-refractivity contribution in [1.82, 2.24) is 15.1 Å². The lowest BCUT2D eigenvalue weighted by molar-refractivity contribution is 0.0904. The molecule has 2 aromatic rings. The van der Waals surface area contributed by atoms with Gasteiger partial charge in [-0.15, -0.1) is 0 Å². The number of hydrogen-bond acceptors (Lipinski definition) is 5. The van der Waals surface area contributed by atoms with Gasteiger partial charge in [0, 0.05) is 37.4 Å². The summed E-state index contributed by atoms with van der Waals surface area (Å²) in [6, 6.07) is 10.4. The zero-order chi connectivity index (χ0) is 18.9. The Hall–Kier alpha value is -1.70. The van der Waals surface area contributed by atoms with Crippen LogP contribution in [-0.2, 0) is 26.7 Å². The summed E-state index contributed by atoms with van der Waals surface area (Å²) in [6.07, 6.45) is 5.66. The number of hydrogen-bond donors (Lipinski definition) is 1. The van der Waals surface area contributed by atoms with E-state index in [9.17, 15) is 8.42 Å². The largest absolute Gasteiger partial charge is 0.373 e. The van der Waals surface area contributed by atoms with Crippen LogP contribution in [0.25, 0.3) is 0 Å². The number of benzene rings is 1. The van der Waals surface area contributed by atoms with E-state index >= 15 is 0 Å². The van der Waals surface area contributed by atoms with E-state index in [1.807, 2.05) is 30.1 Å². The molecule has 0 saturated carbocycles. The molecule has 4 rings (SSSR count). The van der Waals surface area contributed by atoms with Crippen LogP contribution < -0.4 is 5.32 Å². The first-order valence-corrected chi connectivity index (χ1v) is 11.4. The van der Waals surface area contributed by atoms with Gasteiger partial charge in [-0.1, -0.05) is 30.3 Å². The molecule has 0 amide bonds. The van der Waals surface area contributed by atoms with Crippen molar-refractivity contribution in [3.05, 3.63) is 53.9 Å². The second-order valence-electron chi connectivity index (χ2n) is 8.01. The van der Waals surface area contributed by atoms with Gasteiger partial charge in [0.2, 0.25) is 0 Å². The first kappa shape index (κ1) is 18.7. The van der Waals surface area contributed by atoms with Crippen LogP contribution in [-0.4, -0.2) is 42.9 Å². The van der Waals surface area contributed by atoms with Gasteiger partial charge in [-0.3, -0.25) is 4.68 Å². The molecule has 1 aromatic carbocycles. The molecule has 1 aromatic heterocycles. The Morgan fingerprint density at radius 1 is 1.33 bits per heavy atom. The highest BCUT2D eigenvalue weighted by molar-refractivity contribution is 7.91. The summed E-state index contributed by atoms with van der Waals surface area (Å²) in [4.78, 5) is 0. The maximum absolute atomic E-state index is 11.8. The molecule has 0 aliphatic carbocycles. The Morgan fingerprint density at radius 2 is 2.15 bits per heavy atom. The average molecular weight is 390 g/mol. The van der Waals surface area contributed by atoms with Crippen molar-refractivity contribution >= 4 is 9.84 Å². The first-order valence-electron chi connectivity index (χ1n) is 9.57. The molecule has 6 nitrogen and oxygen atoms in total. The molecule has 2 aliphatic rings. The fraction of sp³-hybridized carbons (Fsp3) is 0.550. The molecular weight excluding hydrogens is 362 g/mol. The molecule has 2 fully saturated rings. The van der Waals surface area contributed by atoms with Gasteiger partial charge in [0.05, 0.1) is 29.3 Å². The summed E-state index contributed by atoms with van der Waals surface area (Å²) in [7, 11) is -2.94. The molecule has 0 bridgehead atoms. The standard InChI is InChI=1S/C20H27N3O3S/c1-20(8-10-27(24,25)15-20)23-14-16(12-22-23)11-21-13-18-7-9-26-19(18)17-5-3-2-4-6-17/h2-6,12,14,18-19,21H,7-11,13,15H2,1H3/t18-,19-,20-/m1/s1. The van der Waals surface area contributed by atoms with Crippen LogP contribution in [0.4, 0.5) is 0 Å². The number of rotatable bonds is 6. The van der Waals surface area contributed by atoms with E-state index in [0.717, 1.165) is 31.7 Å². The van der Waals surface area contributed by atoms with Crippen LogP contribution >= 0.6 is 0 Å². The topological polar surface area (TPSA) is 73.2 Å². The quantitative estimate of drug-likeness (QED) is 0.821. The fourth-order valence-electron chi connectivity index (χ4n) is 4.18. The second-order valence-corrected chi connectivity index (χ2v) is 10.2. The van der Waals surface area contributed by atoms with E-state index in [1.165, 1.54) is 5.56 Å². The normalized spacial score (nSPS) is 30.0. The monoisotopic (exact) mass is 389 g/mol. The molecule has 3 atom stereocenters. The third-order valence-electron chi connectivity index (χ3n) is 5.75. The first-order chi connectivity index (χ1) is 13.0. The fourth-order valence-corrected chi connectivity index (χ4v) is 6.30. The maximum atomic E-state index is 11.8. The molecule has 2 saturated heterocycles. The summed E-state index contributed by atoms with van der Waals surface area (Å²) in [5.41, 5.74) is 1.90. The van der Waals surface area contributed by atoms with E-state index < -0.39 is 15.4 Å². The van der Waals surface area contributed by atoms with Crippen molar-refractivity contribution in [2.45, 2.75) is 38.0 Å². The lowest BCUT2D eigenvalue weighted by Gasteiger charge is -2.22. The zero-order valence-corrected chi connectivity index (χ0v) is 16.5. The van der Waals surface area contributed by atoms with E-state index in [2.05, 4.69) is 34.7 Å². The van der Waals surface area contributed by atoms with Crippen LogP contribution in [0.3, 0.4) is 0 Å². The number of aromatic nitrogens is 2. The second kappa shape index (κ2) is 7.37. The van der Waals surface area contributed by atoms with Crippen molar-refractivity contribution < 1.29 is 13.2 Å². The summed E-state index contributed by atoms with van der Waals surface area (Å²) >= 11 is 0. The average Bonchev–Trinajstić information content (AvgIpc) is 3.36. The smallest absolute Gasteiger partial charge is 0.152 e. The maximum Gasteiger partial charge on any atom is 0.152 e. The molecule has 27 heavy (non-hydrogen) atoms. The van der Waals surface area contributed by atoms with Crippen LogP contribution in [0.15, 0.2) is 42.7 Å². The van der Waals surface area contributed by atoms with E-state index in [0.29, 0.717) is 12.3 Å². The van der Waals surface area contributed by atoms with E-state index in [-0.39, 0.29) is 17.6 Å². The van der Waals surface area contributed by atoms with E-state index in [4.69, 9.17) is 4.74 Å². The summed E-state index contributed by atoms with van der Waals surface area (Å²) < 4.78 is 31.4. The van der Waals surface area contributed by atoms with Crippen molar-refractivity contribution in [3.8, 4) is 0 Å². The minimum Gasteiger partial charge on any atom is -0.373 e. The zero-order valence-electron chi connectivity index (χ0n) is 15.7. The molecule has 0 unspecified atom stereocenters. The molecule has 2 aliphatic heterocycles. The van der Waals surface area contributed by atoms with Crippen molar-refractivity contribution in [1.29, 1.82) is 0 Å². The van der Waals surface area contributed by atoms with Gasteiger partial charge in [-0.05, 0) is 25.3 Å². The van der Waals surface area contributed by atoms with Crippen molar-refractivity contribution in [2.24, 2.45) is 5.92 Å². The summed E-state index contributed by atoms with van der Waals surface area (Å²) in [5, 5.41) is 7.96. The third kappa shape index (κ3) is 4.10. The number of nitrogens with zero attached hydrogens (tertiary/aromatic N) is 2. The third-order valence-corrected chi connectivity index (χ3v) is 7.64. The molecule has 1 N–H and O–H groups in total. The molecule has 7 heteroatoms. The van der Waals surface area contributed by atoms with Crippen LogP contribution in [0, 0.1) is 5.92 Å². The molecular formula is C20H27N3O3S. The predicted octanol–water partition coefficient (Wildman–Crippen LogP) is 2.28. The number of sulfone groups is 1. The van der Waals surface area contributed by atoms with Crippen LogP contribution in [0.2, 0.25) is 0 Å². The Kier molecular flexibility index (Phi) is 5.09. The SMILES string of the molecule is C[C@@]1(n2cc(CNC[C@H]3CCO[C@@H]3c3ccccc3)cn2)CCS(=O)(=O)C1. The van der Waals surface area contributed by atoms with Crippen LogP contribution in [0.5, 0.6) is 0 Å². The van der Waals surface area contributed by atoms with Gasteiger partial charge in [0.25, 0.3) is 0 Å². The lowest BCUT2D eigenvalue weighted by Crippen LogP contribution is -2.31. The number of ether oxygens (including phenoxy) is 1. The minimum atomic E-state index is -2.94. The molecule has 0 radical (unpaired) electrons. The van der Waals surface area contributed by atoms with E-state index in [1.54, 1.807) is 0 Å². The Morgan fingerprint density at radius 3 is 2.89 bits per heavy atom. The lowest BCUT2D eigenvalue weighted by atomic mass is 9.95. The number of nitrogens with one attached hydrogen (secondary N) is 1. The van der Waals surface area contributed by atoms with Gasteiger partial charge in [0.15, 0.2) is 9.84 Å². The van der Waals surface area contributed by atoms with Gasteiger partial charge in [-0.25, -0.2) is 8.42 Å². The Bertz CT molecular complexity index is 881. The van der Waals surface area contributed by atoms with Crippen molar-refractivity contribution in [3.63, 3.8) is 0 Å². The molecule has 146 valence electrons. The minimum absolute atomic E-state index is 0.157.